The maximum absolute atomic E-state index is 12.0. The van der Waals surface area contributed by atoms with Gasteiger partial charge in [0, 0.05) is 11.9 Å². The van der Waals surface area contributed by atoms with E-state index in [1.807, 2.05) is 0 Å². The molecule has 1 atom stereocenters. The van der Waals surface area contributed by atoms with E-state index in [1.165, 1.54) is 6.92 Å². The van der Waals surface area contributed by atoms with Crippen molar-refractivity contribution in [3.63, 3.8) is 0 Å². The number of amides is 3. The standard InChI is InChI=1S/C14H15ClN4O3/c1-8(20)17-11(9-2-4-10(15)5-3-9)6-12(21)18-14-16-7-13(22)19-14/h2-5,11H,6-7H2,1H3,(H,17,20)(H2,16,18,19,21,22)/t11-/m1/s1. The highest BCUT2D eigenvalue weighted by Gasteiger charge is 2.20. The minimum atomic E-state index is -0.493. The van der Waals surface area contributed by atoms with Crippen LogP contribution in [0.3, 0.4) is 0 Å². The molecular weight excluding hydrogens is 308 g/mol. The highest BCUT2D eigenvalue weighted by atomic mass is 35.5. The number of benzene rings is 1. The summed E-state index contributed by atoms with van der Waals surface area (Å²) in [5, 5.41) is 8.19. The van der Waals surface area contributed by atoms with Gasteiger partial charge in [0.1, 0.15) is 6.54 Å². The Labute approximate surface area is 132 Å². The van der Waals surface area contributed by atoms with E-state index in [4.69, 9.17) is 11.6 Å². The summed E-state index contributed by atoms with van der Waals surface area (Å²) in [5.74, 6) is -0.756. The van der Waals surface area contributed by atoms with Crippen molar-refractivity contribution in [1.29, 1.82) is 0 Å². The lowest BCUT2D eigenvalue weighted by Gasteiger charge is -2.18. The predicted octanol–water partition coefficient (Wildman–Crippen LogP) is 0.509. The van der Waals surface area contributed by atoms with E-state index in [0.717, 1.165) is 5.56 Å². The summed E-state index contributed by atoms with van der Waals surface area (Å²) in [7, 11) is 0. The molecule has 7 nitrogen and oxygen atoms in total. The molecule has 0 aromatic heterocycles. The number of hydrogen-bond acceptors (Lipinski definition) is 4. The summed E-state index contributed by atoms with van der Waals surface area (Å²) in [6.07, 6.45) is 0.0100. The van der Waals surface area contributed by atoms with Gasteiger partial charge in [0.2, 0.25) is 23.7 Å². The van der Waals surface area contributed by atoms with Gasteiger partial charge in [0.15, 0.2) is 0 Å². The van der Waals surface area contributed by atoms with Crippen LogP contribution in [-0.2, 0) is 14.4 Å². The van der Waals surface area contributed by atoms with Crippen molar-refractivity contribution in [3.05, 3.63) is 34.9 Å². The third-order valence-electron chi connectivity index (χ3n) is 2.94. The number of nitrogens with zero attached hydrogens (tertiary/aromatic N) is 1. The third-order valence-corrected chi connectivity index (χ3v) is 3.19. The minimum absolute atomic E-state index is 0.00191. The van der Waals surface area contributed by atoms with E-state index >= 15 is 0 Å². The summed E-state index contributed by atoms with van der Waals surface area (Å²) in [6, 6.07) is 6.36. The van der Waals surface area contributed by atoms with Crippen molar-refractivity contribution in [3.8, 4) is 0 Å². The molecular formula is C14H15ClN4O3. The van der Waals surface area contributed by atoms with Crippen molar-refractivity contribution >= 4 is 35.3 Å². The Balaban J connectivity index is 2.03. The number of nitrogens with one attached hydrogen (secondary N) is 3. The normalized spacial score (nSPS) is 14.8. The smallest absolute Gasteiger partial charge is 0.248 e. The Morgan fingerprint density at radius 3 is 2.59 bits per heavy atom. The monoisotopic (exact) mass is 322 g/mol. The fourth-order valence-electron chi connectivity index (χ4n) is 1.99. The summed E-state index contributed by atoms with van der Waals surface area (Å²) >= 11 is 5.83. The lowest BCUT2D eigenvalue weighted by molar-refractivity contribution is -0.121. The SMILES string of the molecule is CC(=O)N[C@H](CC(=O)NC1=NCC(=O)N1)c1ccc(Cl)cc1. The molecule has 1 aromatic rings. The van der Waals surface area contributed by atoms with Gasteiger partial charge in [-0.05, 0) is 17.7 Å². The second kappa shape index (κ2) is 7.04. The van der Waals surface area contributed by atoms with Gasteiger partial charge in [0.05, 0.1) is 12.5 Å². The van der Waals surface area contributed by atoms with Gasteiger partial charge < -0.3 is 5.32 Å². The number of hydrogen-bond donors (Lipinski definition) is 3. The summed E-state index contributed by atoms with van der Waals surface area (Å²) in [4.78, 5) is 38.2. The van der Waals surface area contributed by atoms with Gasteiger partial charge >= 0.3 is 0 Å². The van der Waals surface area contributed by atoms with Crippen LogP contribution in [0.5, 0.6) is 0 Å². The van der Waals surface area contributed by atoms with E-state index in [0.29, 0.717) is 5.02 Å². The largest absolute Gasteiger partial charge is 0.349 e. The second-order valence-electron chi connectivity index (χ2n) is 4.77. The molecule has 0 bridgehead atoms. The van der Waals surface area contributed by atoms with Crippen LogP contribution in [0.1, 0.15) is 24.9 Å². The molecule has 0 spiro atoms. The van der Waals surface area contributed by atoms with Crippen LogP contribution in [0.15, 0.2) is 29.3 Å². The van der Waals surface area contributed by atoms with Crippen LogP contribution >= 0.6 is 11.6 Å². The van der Waals surface area contributed by atoms with E-state index in [1.54, 1.807) is 24.3 Å². The number of rotatable bonds is 4. The molecule has 0 radical (unpaired) electrons. The highest BCUT2D eigenvalue weighted by molar-refractivity contribution is 6.30. The van der Waals surface area contributed by atoms with E-state index in [-0.39, 0.29) is 36.6 Å². The Kier molecular flexibility index (Phi) is 5.11. The molecule has 3 amide bonds. The number of carbonyl (C=O) groups is 3. The van der Waals surface area contributed by atoms with Gasteiger partial charge in [-0.15, -0.1) is 0 Å². The maximum atomic E-state index is 12.0. The molecule has 0 aliphatic carbocycles. The quantitative estimate of drug-likeness (QED) is 0.753. The van der Waals surface area contributed by atoms with Crippen LogP contribution in [0.4, 0.5) is 0 Å². The summed E-state index contributed by atoms with van der Waals surface area (Å²) in [5.41, 5.74) is 0.757. The Bertz CT molecular complexity index is 627. The second-order valence-corrected chi connectivity index (χ2v) is 5.21. The third kappa shape index (κ3) is 4.56. The molecule has 22 heavy (non-hydrogen) atoms. The zero-order chi connectivity index (χ0) is 16.1. The molecule has 1 aromatic carbocycles. The van der Waals surface area contributed by atoms with Gasteiger partial charge in [-0.2, -0.15) is 0 Å². The van der Waals surface area contributed by atoms with Crippen molar-refractivity contribution in [2.24, 2.45) is 4.99 Å². The molecule has 0 fully saturated rings. The topological polar surface area (TPSA) is 99.7 Å². The molecule has 1 aliphatic heterocycles. The lowest BCUT2D eigenvalue weighted by Crippen LogP contribution is -2.41. The van der Waals surface area contributed by atoms with E-state index in [2.05, 4.69) is 20.9 Å². The molecule has 1 aliphatic rings. The molecule has 116 valence electrons. The number of carbonyl (C=O) groups excluding carboxylic acids is 3. The number of halogens is 1. The maximum Gasteiger partial charge on any atom is 0.248 e. The molecule has 0 saturated carbocycles. The number of guanidine groups is 1. The van der Waals surface area contributed by atoms with Crippen molar-refractivity contribution in [2.75, 3.05) is 6.54 Å². The molecule has 1 heterocycles. The first-order chi connectivity index (χ1) is 10.4. The van der Waals surface area contributed by atoms with E-state index < -0.39 is 6.04 Å². The highest BCUT2D eigenvalue weighted by Crippen LogP contribution is 2.19. The van der Waals surface area contributed by atoms with Crippen LogP contribution in [0, 0.1) is 0 Å². The summed E-state index contributed by atoms with van der Waals surface area (Å²) in [6.45, 7) is 1.38. The van der Waals surface area contributed by atoms with Crippen molar-refractivity contribution < 1.29 is 14.4 Å². The molecule has 3 N–H and O–H groups in total. The van der Waals surface area contributed by atoms with Crippen LogP contribution < -0.4 is 16.0 Å². The van der Waals surface area contributed by atoms with Gasteiger partial charge in [-0.1, -0.05) is 23.7 Å². The average Bonchev–Trinajstić information content (AvgIpc) is 2.83. The zero-order valence-electron chi connectivity index (χ0n) is 11.9. The first-order valence-corrected chi connectivity index (χ1v) is 6.98. The van der Waals surface area contributed by atoms with Crippen molar-refractivity contribution in [2.45, 2.75) is 19.4 Å². The molecule has 8 heteroatoms. The van der Waals surface area contributed by atoms with Gasteiger partial charge in [0.25, 0.3) is 0 Å². The van der Waals surface area contributed by atoms with Gasteiger partial charge in [-0.3, -0.25) is 25.0 Å². The Morgan fingerprint density at radius 1 is 1.36 bits per heavy atom. The first-order valence-electron chi connectivity index (χ1n) is 6.61. The first kappa shape index (κ1) is 16.0. The molecule has 2 rings (SSSR count). The van der Waals surface area contributed by atoms with Crippen LogP contribution in [0.25, 0.3) is 0 Å². The Hall–Kier alpha value is -2.41. The zero-order valence-corrected chi connectivity index (χ0v) is 12.6. The molecule has 0 saturated heterocycles. The van der Waals surface area contributed by atoms with Crippen LogP contribution in [-0.4, -0.2) is 30.2 Å². The predicted molar refractivity (Wildman–Crippen MR) is 81.2 cm³/mol. The minimum Gasteiger partial charge on any atom is -0.349 e. The average molecular weight is 323 g/mol. The molecule has 0 unspecified atom stereocenters. The Morgan fingerprint density at radius 2 is 2.05 bits per heavy atom. The summed E-state index contributed by atoms with van der Waals surface area (Å²) < 4.78 is 0. The fraction of sp³-hybridized carbons (Fsp3) is 0.286. The van der Waals surface area contributed by atoms with E-state index in [9.17, 15) is 14.4 Å². The fourth-order valence-corrected chi connectivity index (χ4v) is 2.12. The lowest BCUT2D eigenvalue weighted by atomic mass is 10.0. The number of aliphatic imine (C=N–C) groups is 1. The van der Waals surface area contributed by atoms with Crippen molar-refractivity contribution in [1.82, 2.24) is 16.0 Å². The van der Waals surface area contributed by atoms with Crippen LogP contribution in [0.2, 0.25) is 5.02 Å². The van der Waals surface area contributed by atoms with Gasteiger partial charge in [-0.25, -0.2) is 4.99 Å².